The summed E-state index contributed by atoms with van der Waals surface area (Å²) in [4.78, 5) is 12.3. The molecule has 2 aromatic carbocycles. The van der Waals surface area contributed by atoms with Crippen LogP contribution in [0.4, 0.5) is 11.4 Å². The molecule has 2 N–H and O–H groups in total. The van der Waals surface area contributed by atoms with Gasteiger partial charge in [0.25, 0.3) is 5.91 Å². The third kappa shape index (κ3) is 3.90. The number of carbonyl (C=O) groups excluding carboxylic acids is 1. The summed E-state index contributed by atoms with van der Waals surface area (Å²) in [6.07, 6.45) is 0. The van der Waals surface area contributed by atoms with Crippen LogP contribution in [0.5, 0.6) is 0 Å². The Morgan fingerprint density at radius 2 is 1.86 bits per heavy atom. The monoisotopic (exact) mass is 322 g/mol. The van der Waals surface area contributed by atoms with Gasteiger partial charge in [-0.25, -0.2) is 0 Å². The van der Waals surface area contributed by atoms with Crippen molar-refractivity contribution in [1.29, 1.82) is 0 Å². The van der Waals surface area contributed by atoms with E-state index in [0.29, 0.717) is 21.3 Å². The van der Waals surface area contributed by atoms with Crippen molar-refractivity contribution in [2.75, 3.05) is 17.2 Å². The molecule has 0 saturated heterocycles. The molecule has 0 heterocycles. The minimum atomic E-state index is -0.217. The second-order valence-corrected chi connectivity index (χ2v) is 5.48. The van der Waals surface area contributed by atoms with E-state index in [9.17, 15) is 4.79 Å². The Morgan fingerprint density at radius 3 is 2.52 bits per heavy atom. The Kier molecular flexibility index (Phi) is 5.10. The molecule has 0 unspecified atom stereocenters. The largest absolute Gasteiger partial charge is 0.385 e. The number of hydrogen-bond acceptors (Lipinski definition) is 2. The van der Waals surface area contributed by atoms with E-state index in [0.717, 1.165) is 17.8 Å². The van der Waals surface area contributed by atoms with Gasteiger partial charge < -0.3 is 10.6 Å². The SMILES string of the molecule is CCNc1ccc(C(=O)Nc2cc(Cl)ccc2Cl)cc1C. The summed E-state index contributed by atoms with van der Waals surface area (Å²) in [6.45, 7) is 4.83. The van der Waals surface area contributed by atoms with E-state index in [1.807, 2.05) is 26.0 Å². The first-order valence-electron chi connectivity index (χ1n) is 6.62. The molecule has 0 spiro atoms. The summed E-state index contributed by atoms with van der Waals surface area (Å²) >= 11 is 12.0. The topological polar surface area (TPSA) is 41.1 Å². The Morgan fingerprint density at radius 1 is 1.10 bits per heavy atom. The lowest BCUT2D eigenvalue weighted by atomic mass is 10.1. The molecule has 2 aromatic rings. The number of amides is 1. The normalized spacial score (nSPS) is 10.3. The van der Waals surface area contributed by atoms with Crippen LogP contribution in [0.2, 0.25) is 10.0 Å². The molecule has 3 nitrogen and oxygen atoms in total. The highest BCUT2D eigenvalue weighted by molar-refractivity contribution is 6.35. The van der Waals surface area contributed by atoms with Gasteiger partial charge in [-0.1, -0.05) is 23.2 Å². The van der Waals surface area contributed by atoms with Gasteiger partial charge in [0.15, 0.2) is 0 Å². The highest BCUT2D eigenvalue weighted by Gasteiger charge is 2.10. The Hall–Kier alpha value is -1.71. The van der Waals surface area contributed by atoms with Crippen molar-refractivity contribution >= 4 is 40.5 Å². The van der Waals surface area contributed by atoms with Crippen LogP contribution in [0.1, 0.15) is 22.8 Å². The molecule has 21 heavy (non-hydrogen) atoms. The predicted octanol–water partition coefficient (Wildman–Crippen LogP) is 4.99. The molecule has 0 aliphatic heterocycles. The van der Waals surface area contributed by atoms with Crippen LogP contribution < -0.4 is 10.6 Å². The molecule has 0 bridgehead atoms. The molecular formula is C16H16Cl2N2O. The van der Waals surface area contributed by atoms with Crippen molar-refractivity contribution in [3.63, 3.8) is 0 Å². The maximum Gasteiger partial charge on any atom is 0.255 e. The fourth-order valence-electron chi connectivity index (χ4n) is 1.98. The number of carbonyl (C=O) groups is 1. The van der Waals surface area contributed by atoms with E-state index < -0.39 is 0 Å². The summed E-state index contributed by atoms with van der Waals surface area (Å²) in [5, 5.41) is 6.98. The van der Waals surface area contributed by atoms with Crippen LogP contribution in [-0.2, 0) is 0 Å². The highest BCUT2D eigenvalue weighted by Crippen LogP contribution is 2.26. The number of nitrogens with one attached hydrogen (secondary N) is 2. The number of aryl methyl sites for hydroxylation is 1. The average molecular weight is 323 g/mol. The van der Waals surface area contributed by atoms with Crippen LogP contribution in [0.25, 0.3) is 0 Å². The van der Waals surface area contributed by atoms with Crippen LogP contribution in [0.3, 0.4) is 0 Å². The van der Waals surface area contributed by atoms with Crippen molar-refractivity contribution in [3.05, 3.63) is 57.6 Å². The van der Waals surface area contributed by atoms with Crippen LogP contribution in [0, 0.1) is 6.92 Å². The Labute approximate surface area is 134 Å². The highest BCUT2D eigenvalue weighted by atomic mass is 35.5. The van der Waals surface area contributed by atoms with Crippen molar-refractivity contribution < 1.29 is 4.79 Å². The third-order valence-electron chi connectivity index (χ3n) is 3.03. The van der Waals surface area contributed by atoms with E-state index >= 15 is 0 Å². The summed E-state index contributed by atoms with van der Waals surface area (Å²) in [6, 6.07) is 10.5. The van der Waals surface area contributed by atoms with Crippen molar-refractivity contribution in [3.8, 4) is 0 Å². The number of halogens is 2. The molecule has 110 valence electrons. The smallest absolute Gasteiger partial charge is 0.255 e. The van der Waals surface area contributed by atoms with E-state index in [-0.39, 0.29) is 5.91 Å². The standard InChI is InChI=1S/C16H16Cl2N2O/c1-3-19-14-7-4-11(8-10(14)2)16(21)20-15-9-12(17)5-6-13(15)18/h4-9,19H,3H2,1-2H3,(H,20,21). The molecule has 2 rings (SSSR count). The minimum absolute atomic E-state index is 0.217. The fourth-order valence-corrected chi connectivity index (χ4v) is 2.32. The zero-order chi connectivity index (χ0) is 15.4. The van der Waals surface area contributed by atoms with Crippen LogP contribution >= 0.6 is 23.2 Å². The maximum absolute atomic E-state index is 12.3. The zero-order valence-electron chi connectivity index (χ0n) is 11.8. The van der Waals surface area contributed by atoms with Gasteiger partial charge in [0.1, 0.15) is 0 Å². The fraction of sp³-hybridized carbons (Fsp3) is 0.188. The second-order valence-electron chi connectivity index (χ2n) is 4.64. The van der Waals surface area contributed by atoms with Gasteiger partial charge in [0, 0.05) is 22.8 Å². The van der Waals surface area contributed by atoms with E-state index in [1.54, 1.807) is 24.3 Å². The molecular weight excluding hydrogens is 307 g/mol. The first-order chi connectivity index (χ1) is 10.0. The van der Waals surface area contributed by atoms with E-state index in [4.69, 9.17) is 23.2 Å². The third-order valence-corrected chi connectivity index (χ3v) is 3.60. The number of hydrogen-bond donors (Lipinski definition) is 2. The average Bonchev–Trinajstić information content (AvgIpc) is 2.45. The van der Waals surface area contributed by atoms with Gasteiger partial charge in [0.05, 0.1) is 10.7 Å². The molecule has 0 fully saturated rings. The summed E-state index contributed by atoms with van der Waals surface area (Å²) in [5.41, 5.74) is 3.12. The lowest BCUT2D eigenvalue weighted by Crippen LogP contribution is -2.13. The summed E-state index contributed by atoms with van der Waals surface area (Å²) < 4.78 is 0. The molecule has 0 atom stereocenters. The van der Waals surface area contributed by atoms with Gasteiger partial charge in [-0.05, 0) is 55.8 Å². The van der Waals surface area contributed by atoms with E-state index in [2.05, 4.69) is 10.6 Å². The lowest BCUT2D eigenvalue weighted by Gasteiger charge is -2.11. The van der Waals surface area contributed by atoms with Crippen molar-refractivity contribution in [2.45, 2.75) is 13.8 Å². The molecule has 0 aliphatic carbocycles. The van der Waals surface area contributed by atoms with Crippen molar-refractivity contribution in [2.24, 2.45) is 0 Å². The number of anilines is 2. The maximum atomic E-state index is 12.3. The van der Waals surface area contributed by atoms with Gasteiger partial charge in [-0.15, -0.1) is 0 Å². The predicted molar refractivity (Wildman–Crippen MR) is 89.8 cm³/mol. The molecule has 5 heteroatoms. The van der Waals surface area contributed by atoms with E-state index in [1.165, 1.54) is 0 Å². The van der Waals surface area contributed by atoms with Crippen LogP contribution in [-0.4, -0.2) is 12.5 Å². The molecule has 0 aliphatic rings. The number of rotatable bonds is 4. The van der Waals surface area contributed by atoms with Crippen LogP contribution in [0.15, 0.2) is 36.4 Å². The summed E-state index contributed by atoms with van der Waals surface area (Å²) in [7, 11) is 0. The zero-order valence-corrected chi connectivity index (χ0v) is 13.3. The Bertz CT molecular complexity index is 671. The second kappa shape index (κ2) is 6.83. The van der Waals surface area contributed by atoms with Gasteiger partial charge >= 0.3 is 0 Å². The quantitative estimate of drug-likeness (QED) is 0.832. The molecule has 0 radical (unpaired) electrons. The molecule has 1 amide bonds. The summed E-state index contributed by atoms with van der Waals surface area (Å²) in [5.74, 6) is -0.217. The van der Waals surface area contributed by atoms with Gasteiger partial charge in [-0.2, -0.15) is 0 Å². The molecule has 0 saturated carbocycles. The Balaban J connectivity index is 2.20. The van der Waals surface area contributed by atoms with Gasteiger partial charge in [0.2, 0.25) is 0 Å². The molecule has 0 aromatic heterocycles. The minimum Gasteiger partial charge on any atom is -0.385 e. The van der Waals surface area contributed by atoms with Crippen molar-refractivity contribution in [1.82, 2.24) is 0 Å². The van der Waals surface area contributed by atoms with Gasteiger partial charge in [-0.3, -0.25) is 4.79 Å². The number of benzene rings is 2. The lowest BCUT2D eigenvalue weighted by molar-refractivity contribution is 0.102. The first-order valence-corrected chi connectivity index (χ1v) is 7.37. The first kappa shape index (κ1) is 15.7.